The molecule has 23 heavy (non-hydrogen) atoms. The number of aryl methyl sites for hydroxylation is 1. The Bertz CT molecular complexity index is 820. The Morgan fingerprint density at radius 1 is 1.22 bits per heavy atom. The Morgan fingerprint density at radius 3 is 2.43 bits per heavy atom. The molecule has 0 saturated heterocycles. The van der Waals surface area contributed by atoms with Gasteiger partial charge in [0.1, 0.15) is 5.69 Å². The molecule has 0 spiro atoms. The van der Waals surface area contributed by atoms with Crippen LogP contribution in [0.5, 0.6) is 0 Å². The minimum absolute atomic E-state index is 0.0217. The molecule has 0 radical (unpaired) electrons. The maximum Gasteiger partial charge on any atom is 0.275 e. The van der Waals surface area contributed by atoms with Crippen molar-refractivity contribution in [1.82, 2.24) is 9.97 Å². The molecule has 0 fully saturated rings. The summed E-state index contributed by atoms with van der Waals surface area (Å²) in [5.74, 6) is -0.634. The molecule has 0 unspecified atom stereocenters. The first kappa shape index (κ1) is 17.6. The van der Waals surface area contributed by atoms with Crippen LogP contribution in [0.25, 0.3) is 0 Å². The molecule has 0 atom stereocenters. The van der Waals surface area contributed by atoms with Crippen molar-refractivity contribution < 1.29 is 13.2 Å². The van der Waals surface area contributed by atoms with Gasteiger partial charge < -0.3 is 5.32 Å². The third-order valence-corrected chi connectivity index (χ3v) is 5.31. The van der Waals surface area contributed by atoms with Gasteiger partial charge in [0, 0.05) is 11.9 Å². The number of hydrogen-bond acceptors (Lipinski definition) is 5. The summed E-state index contributed by atoms with van der Waals surface area (Å²) in [6.45, 7) is 3.54. The number of aromatic nitrogens is 2. The smallest absolute Gasteiger partial charge is 0.275 e. The number of halogens is 1. The zero-order chi connectivity index (χ0) is 17.0. The molecule has 0 saturated carbocycles. The fourth-order valence-corrected chi connectivity index (χ4v) is 2.88. The van der Waals surface area contributed by atoms with E-state index < -0.39 is 15.7 Å². The van der Waals surface area contributed by atoms with Crippen LogP contribution in [0.2, 0.25) is 0 Å². The number of amides is 1. The minimum Gasteiger partial charge on any atom is -0.321 e. The number of nitrogens with one attached hydrogen (secondary N) is 1. The third kappa shape index (κ3) is 4.14. The number of anilines is 1. The monoisotopic (exact) mass is 397 g/mol. The van der Waals surface area contributed by atoms with Crippen LogP contribution >= 0.6 is 15.9 Å². The number of sulfone groups is 1. The lowest BCUT2D eigenvalue weighted by atomic mass is 10.1. The fourth-order valence-electron chi connectivity index (χ4n) is 1.80. The van der Waals surface area contributed by atoms with E-state index in [1.54, 1.807) is 12.1 Å². The van der Waals surface area contributed by atoms with Crippen LogP contribution < -0.4 is 5.32 Å². The molecule has 1 aromatic carbocycles. The zero-order valence-electron chi connectivity index (χ0n) is 12.7. The second-order valence-electron chi connectivity index (χ2n) is 4.76. The Morgan fingerprint density at radius 2 is 1.87 bits per heavy atom. The molecule has 1 aromatic heterocycles. The van der Waals surface area contributed by atoms with Crippen LogP contribution in [0.3, 0.4) is 0 Å². The highest BCUT2D eigenvalue weighted by atomic mass is 79.9. The van der Waals surface area contributed by atoms with E-state index in [4.69, 9.17) is 0 Å². The SMILES string of the molecule is CCc1ccc(NC(=O)c2nc(S(=O)(=O)CC)ncc2Br)cc1. The predicted octanol–water partition coefficient (Wildman–Crippen LogP) is 2.85. The molecule has 0 bridgehead atoms. The largest absolute Gasteiger partial charge is 0.321 e. The molecule has 0 aliphatic carbocycles. The molecular formula is C15H16BrN3O3S. The zero-order valence-corrected chi connectivity index (χ0v) is 15.1. The van der Waals surface area contributed by atoms with Gasteiger partial charge in [0.15, 0.2) is 0 Å². The number of nitrogens with zero attached hydrogens (tertiary/aromatic N) is 2. The highest BCUT2D eigenvalue weighted by molar-refractivity contribution is 9.10. The summed E-state index contributed by atoms with van der Waals surface area (Å²) in [6, 6.07) is 7.40. The van der Waals surface area contributed by atoms with E-state index >= 15 is 0 Å². The van der Waals surface area contributed by atoms with Crippen molar-refractivity contribution in [2.24, 2.45) is 0 Å². The molecule has 1 amide bonds. The second-order valence-corrected chi connectivity index (χ2v) is 7.78. The van der Waals surface area contributed by atoms with Crippen LogP contribution in [0, 0.1) is 0 Å². The van der Waals surface area contributed by atoms with Gasteiger partial charge in [-0.1, -0.05) is 26.0 Å². The Kier molecular flexibility index (Phi) is 5.48. The Labute approximate surface area is 143 Å². The average molecular weight is 398 g/mol. The molecule has 6 nitrogen and oxygen atoms in total. The van der Waals surface area contributed by atoms with Crippen LogP contribution in [0.15, 0.2) is 40.1 Å². The van der Waals surface area contributed by atoms with Gasteiger partial charge in [0.25, 0.3) is 5.91 Å². The summed E-state index contributed by atoms with van der Waals surface area (Å²) < 4.78 is 24.0. The number of carbonyl (C=O) groups is 1. The fraction of sp³-hybridized carbons (Fsp3) is 0.267. The molecule has 1 heterocycles. The van der Waals surface area contributed by atoms with Crippen molar-refractivity contribution in [1.29, 1.82) is 0 Å². The van der Waals surface area contributed by atoms with Gasteiger partial charge in [-0.05, 0) is 40.0 Å². The highest BCUT2D eigenvalue weighted by Gasteiger charge is 2.20. The van der Waals surface area contributed by atoms with Crippen molar-refractivity contribution in [2.45, 2.75) is 25.4 Å². The highest BCUT2D eigenvalue weighted by Crippen LogP contribution is 2.18. The van der Waals surface area contributed by atoms with E-state index in [-0.39, 0.29) is 16.6 Å². The molecule has 2 rings (SSSR count). The lowest BCUT2D eigenvalue weighted by molar-refractivity contribution is 0.102. The standard InChI is InChI=1S/C15H16BrN3O3S/c1-3-10-5-7-11(8-6-10)18-14(20)13-12(16)9-17-15(19-13)23(21,22)4-2/h5-9H,3-4H2,1-2H3,(H,18,20). The average Bonchev–Trinajstić information content (AvgIpc) is 2.55. The first-order valence-corrected chi connectivity index (χ1v) is 9.47. The topological polar surface area (TPSA) is 89.0 Å². The molecule has 122 valence electrons. The maximum atomic E-state index is 12.3. The summed E-state index contributed by atoms with van der Waals surface area (Å²) >= 11 is 3.18. The normalized spacial score (nSPS) is 11.3. The number of carbonyl (C=O) groups excluding carboxylic acids is 1. The van der Waals surface area contributed by atoms with Crippen molar-refractivity contribution in [3.63, 3.8) is 0 Å². The summed E-state index contributed by atoms with van der Waals surface area (Å²) in [5.41, 5.74) is 1.74. The van der Waals surface area contributed by atoms with E-state index in [9.17, 15) is 13.2 Å². The molecule has 2 aromatic rings. The molecule has 1 N–H and O–H groups in total. The van der Waals surface area contributed by atoms with Gasteiger partial charge in [0.2, 0.25) is 15.0 Å². The number of hydrogen-bond donors (Lipinski definition) is 1. The summed E-state index contributed by atoms with van der Waals surface area (Å²) in [5, 5.41) is 2.34. The van der Waals surface area contributed by atoms with Crippen LogP contribution in [-0.2, 0) is 16.3 Å². The van der Waals surface area contributed by atoms with Gasteiger partial charge in [-0.25, -0.2) is 18.4 Å². The summed E-state index contributed by atoms with van der Waals surface area (Å²) in [7, 11) is -3.58. The van der Waals surface area contributed by atoms with Gasteiger partial charge in [-0.15, -0.1) is 0 Å². The van der Waals surface area contributed by atoms with Crippen molar-refractivity contribution in [2.75, 3.05) is 11.1 Å². The molecule has 0 aliphatic heterocycles. The van der Waals surface area contributed by atoms with E-state index in [1.165, 1.54) is 13.1 Å². The number of benzene rings is 1. The van der Waals surface area contributed by atoms with Crippen LogP contribution in [0.1, 0.15) is 29.9 Å². The lowest BCUT2D eigenvalue weighted by Crippen LogP contribution is -2.18. The van der Waals surface area contributed by atoms with Gasteiger partial charge in [-0.3, -0.25) is 4.79 Å². The van der Waals surface area contributed by atoms with Crippen molar-refractivity contribution >= 4 is 37.4 Å². The van der Waals surface area contributed by atoms with E-state index in [1.807, 2.05) is 19.1 Å². The minimum atomic E-state index is -3.58. The Balaban J connectivity index is 2.29. The lowest BCUT2D eigenvalue weighted by Gasteiger charge is -2.08. The first-order valence-electron chi connectivity index (χ1n) is 7.03. The molecular weight excluding hydrogens is 382 g/mol. The van der Waals surface area contributed by atoms with E-state index in [2.05, 4.69) is 31.2 Å². The van der Waals surface area contributed by atoms with Crippen molar-refractivity contribution in [3.05, 3.63) is 46.2 Å². The van der Waals surface area contributed by atoms with Gasteiger partial charge in [-0.2, -0.15) is 0 Å². The van der Waals surface area contributed by atoms with Crippen LogP contribution in [-0.4, -0.2) is 30.0 Å². The second kappa shape index (κ2) is 7.18. The Hall–Kier alpha value is -1.80. The number of rotatable bonds is 5. The maximum absolute atomic E-state index is 12.3. The molecule has 8 heteroatoms. The van der Waals surface area contributed by atoms with E-state index in [0.29, 0.717) is 10.2 Å². The molecule has 0 aliphatic rings. The predicted molar refractivity (Wildman–Crippen MR) is 91.2 cm³/mol. The quantitative estimate of drug-likeness (QED) is 0.783. The summed E-state index contributed by atoms with van der Waals surface area (Å²) in [6.07, 6.45) is 2.18. The van der Waals surface area contributed by atoms with E-state index in [0.717, 1.165) is 12.0 Å². The third-order valence-electron chi connectivity index (χ3n) is 3.22. The van der Waals surface area contributed by atoms with Gasteiger partial charge in [0.05, 0.1) is 10.2 Å². The summed E-state index contributed by atoms with van der Waals surface area (Å²) in [4.78, 5) is 20.0. The first-order chi connectivity index (χ1) is 10.9. The van der Waals surface area contributed by atoms with Gasteiger partial charge >= 0.3 is 0 Å². The van der Waals surface area contributed by atoms with Crippen LogP contribution in [0.4, 0.5) is 5.69 Å². The van der Waals surface area contributed by atoms with Crippen molar-refractivity contribution in [3.8, 4) is 0 Å².